The number of alkyl halides is 1. The Morgan fingerprint density at radius 3 is 2.95 bits per heavy atom. The van der Waals surface area contributed by atoms with E-state index in [4.69, 9.17) is 11.6 Å². The summed E-state index contributed by atoms with van der Waals surface area (Å²) in [5, 5.41) is 0. The Hall–Kier alpha value is -1.46. The molecule has 0 spiro atoms. The third kappa shape index (κ3) is 2.31. The molecule has 6 heteroatoms. The van der Waals surface area contributed by atoms with Gasteiger partial charge in [-0.2, -0.15) is 0 Å². The molecular weight excluding hydrogens is 297 g/mol. The van der Waals surface area contributed by atoms with E-state index in [2.05, 4.69) is 9.97 Å². The summed E-state index contributed by atoms with van der Waals surface area (Å²) in [6, 6.07) is 5.03. The number of imidazole rings is 1. The molecule has 0 amide bonds. The first-order valence-electron chi connectivity index (χ1n) is 6.29. The van der Waals surface area contributed by atoms with Gasteiger partial charge in [0.15, 0.2) is 5.82 Å². The largest absolute Gasteiger partial charge is 0.322 e. The molecule has 1 aromatic carbocycles. The molecular formula is C14H13ClFN3S. The van der Waals surface area contributed by atoms with Crippen molar-refractivity contribution in [3.63, 3.8) is 0 Å². The van der Waals surface area contributed by atoms with Crippen LogP contribution in [0.15, 0.2) is 23.7 Å². The third-order valence-electron chi connectivity index (χ3n) is 3.27. The average Bonchev–Trinajstić information content (AvgIpc) is 2.98. The molecule has 20 heavy (non-hydrogen) atoms. The molecule has 0 fully saturated rings. The smallest absolute Gasteiger partial charge is 0.151 e. The summed E-state index contributed by atoms with van der Waals surface area (Å²) in [7, 11) is 0. The van der Waals surface area contributed by atoms with Gasteiger partial charge in [-0.1, -0.05) is 6.07 Å². The van der Waals surface area contributed by atoms with Gasteiger partial charge < -0.3 is 4.57 Å². The number of halogens is 2. The number of benzene rings is 1. The molecule has 3 nitrogen and oxygen atoms in total. The second-order valence-electron chi connectivity index (χ2n) is 4.52. The number of rotatable bonds is 4. The SMILES string of the molecule is Cc1ncsc1Cn1c(CCCl)nc2c(F)cccc21. The predicted molar refractivity (Wildman–Crippen MR) is 80.1 cm³/mol. The summed E-state index contributed by atoms with van der Waals surface area (Å²) in [4.78, 5) is 9.81. The lowest BCUT2D eigenvalue weighted by Gasteiger charge is -2.07. The zero-order chi connectivity index (χ0) is 14.1. The van der Waals surface area contributed by atoms with Crippen LogP contribution in [0, 0.1) is 12.7 Å². The monoisotopic (exact) mass is 309 g/mol. The highest BCUT2D eigenvalue weighted by Crippen LogP contribution is 2.23. The summed E-state index contributed by atoms with van der Waals surface area (Å²) >= 11 is 7.43. The maximum absolute atomic E-state index is 13.9. The van der Waals surface area contributed by atoms with Gasteiger partial charge in [0.25, 0.3) is 0 Å². The fraction of sp³-hybridized carbons (Fsp3) is 0.286. The van der Waals surface area contributed by atoms with E-state index >= 15 is 0 Å². The molecule has 0 unspecified atom stereocenters. The predicted octanol–water partition coefficient (Wildman–Crippen LogP) is 3.77. The van der Waals surface area contributed by atoms with Gasteiger partial charge in [-0.3, -0.25) is 0 Å². The van der Waals surface area contributed by atoms with Gasteiger partial charge in [-0.05, 0) is 19.1 Å². The van der Waals surface area contributed by atoms with Crippen LogP contribution in [0.5, 0.6) is 0 Å². The second kappa shape index (κ2) is 5.50. The first kappa shape index (κ1) is 13.5. The van der Waals surface area contributed by atoms with Crippen LogP contribution in [0.25, 0.3) is 11.0 Å². The highest BCUT2D eigenvalue weighted by Gasteiger charge is 2.15. The molecule has 0 bridgehead atoms. The van der Waals surface area contributed by atoms with Crippen molar-refractivity contribution in [2.45, 2.75) is 19.9 Å². The molecule has 0 atom stereocenters. The lowest BCUT2D eigenvalue weighted by Crippen LogP contribution is -2.05. The Balaban J connectivity index is 2.14. The average molecular weight is 310 g/mol. The number of thiazole rings is 1. The summed E-state index contributed by atoms with van der Waals surface area (Å²) in [6.45, 7) is 2.63. The molecule has 0 aliphatic carbocycles. The van der Waals surface area contributed by atoms with Crippen LogP contribution in [0.1, 0.15) is 16.4 Å². The fourth-order valence-corrected chi connectivity index (χ4v) is 3.17. The molecule has 2 aromatic heterocycles. The number of hydrogen-bond acceptors (Lipinski definition) is 3. The molecule has 0 N–H and O–H groups in total. The zero-order valence-electron chi connectivity index (χ0n) is 10.9. The van der Waals surface area contributed by atoms with Crippen LogP contribution in [0.2, 0.25) is 0 Å². The fourth-order valence-electron chi connectivity index (χ4n) is 2.23. The van der Waals surface area contributed by atoms with Crippen molar-refractivity contribution < 1.29 is 4.39 Å². The van der Waals surface area contributed by atoms with Crippen LogP contribution >= 0.6 is 22.9 Å². The molecule has 0 saturated carbocycles. The van der Waals surface area contributed by atoms with Gasteiger partial charge in [-0.25, -0.2) is 14.4 Å². The molecule has 3 aromatic rings. The quantitative estimate of drug-likeness (QED) is 0.687. The van der Waals surface area contributed by atoms with Crippen molar-refractivity contribution in [2.24, 2.45) is 0 Å². The van der Waals surface area contributed by atoms with Crippen molar-refractivity contribution in [3.05, 3.63) is 45.9 Å². The minimum absolute atomic E-state index is 0.293. The highest BCUT2D eigenvalue weighted by molar-refractivity contribution is 7.09. The van der Waals surface area contributed by atoms with E-state index < -0.39 is 0 Å². The van der Waals surface area contributed by atoms with Crippen LogP contribution in [-0.2, 0) is 13.0 Å². The van der Waals surface area contributed by atoms with Gasteiger partial charge in [0, 0.05) is 17.2 Å². The second-order valence-corrected chi connectivity index (χ2v) is 5.84. The minimum atomic E-state index is -0.293. The summed E-state index contributed by atoms with van der Waals surface area (Å²) < 4.78 is 15.9. The van der Waals surface area contributed by atoms with Gasteiger partial charge in [0.05, 0.1) is 23.3 Å². The van der Waals surface area contributed by atoms with E-state index in [9.17, 15) is 4.39 Å². The van der Waals surface area contributed by atoms with E-state index in [-0.39, 0.29) is 5.82 Å². The third-order valence-corrected chi connectivity index (χ3v) is 4.38. The first-order valence-corrected chi connectivity index (χ1v) is 7.70. The molecule has 2 heterocycles. The number of fused-ring (bicyclic) bond motifs is 1. The standard InChI is InChI=1S/C14H13ClFN3S/c1-9-12(20-8-17-9)7-19-11-4-2-3-10(16)14(11)18-13(19)5-6-15/h2-4,8H,5-7H2,1H3. The van der Waals surface area contributed by atoms with Crippen LogP contribution in [-0.4, -0.2) is 20.4 Å². The number of nitrogens with zero attached hydrogens (tertiary/aromatic N) is 3. The van der Waals surface area contributed by atoms with Crippen molar-refractivity contribution in [1.82, 2.24) is 14.5 Å². The van der Waals surface area contributed by atoms with Gasteiger partial charge in [-0.15, -0.1) is 22.9 Å². The molecule has 0 radical (unpaired) electrons. The summed E-state index contributed by atoms with van der Waals surface area (Å²) in [6.07, 6.45) is 0.619. The summed E-state index contributed by atoms with van der Waals surface area (Å²) in [5.41, 5.74) is 4.05. The Morgan fingerprint density at radius 2 is 2.25 bits per heavy atom. The van der Waals surface area contributed by atoms with E-state index in [1.807, 2.05) is 23.1 Å². The van der Waals surface area contributed by atoms with E-state index in [1.54, 1.807) is 17.4 Å². The molecule has 0 aliphatic heterocycles. The van der Waals surface area contributed by atoms with Gasteiger partial charge in [0.2, 0.25) is 0 Å². The lowest BCUT2D eigenvalue weighted by atomic mass is 10.3. The molecule has 0 saturated heterocycles. The van der Waals surface area contributed by atoms with Crippen LogP contribution in [0.4, 0.5) is 4.39 Å². The van der Waals surface area contributed by atoms with E-state index in [1.165, 1.54) is 6.07 Å². The maximum Gasteiger partial charge on any atom is 0.151 e. The molecule has 104 valence electrons. The van der Waals surface area contributed by atoms with E-state index in [0.717, 1.165) is 21.9 Å². The van der Waals surface area contributed by atoms with Gasteiger partial charge >= 0.3 is 0 Å². The minimum Gasteiger partial charge on any atom is -0.322 e. The van der Waals surface area contributed by atoms with Crippen LogP contribution < -0.4 is 0 Å². The van der Waals surface area contributed by atoms with Crippen molar-refractivity contribution in [2.75, 3.05) is 5.88 Å². The first-order chi connectivity index (χ1) is 9.70. The topological polar surface area (TPSA) is 30.7 Å². The summed E-state index contributed by atoms with van der Waals surface area (Å²) in [5.74, 6) is 0.984. The Kier molecular flexibility index (Phi) is 3.72. The van der Waals surface area contributed by atoms with Crippen LogP contribution in [0.3, 0.4) is 0 Å². The maximum atomic E-state index is 13.9. The molecule has 0 aliphatic rings. The number of aromatic nitrogens is 3. The number of para-hydroxylation sites is 1. The van der Waals surface area contributed by atoms with E-state index in [0.29, 0.717) is 24.4 Å². The number of hydrogen-bond donors (Lipinski definition) is 0. The number of aryl methyl sites for hydroxylation is 2. The zero-order valence-corrected chi connectivity index (χ0v) is 12.5. The van der Waals surface area contributed by atoms with Crippen molar-refractivity contribution >= 4 is 34.0 Å². The van der Waals surface area contributed by atoms with Crippen molar-refractivity contribution in [1.29, 1.82) is 0 Å². The Morgan fingerprint density at radius 1 is 1.40 bits per heavy atom. The Labute approximate surface area is 125 Å². The lowest BCUT2D eigenvalue weighted by molar-refractivity contribution is 0.637. The normalized spacial score (nSPS) is 11.3. The molecule has 3 rings (SSSR count). The Bertz CT molecular complexity index is 750. The van der Waals surface area contributed by atoms with Crippen molar-refractivity contribution in [3.8, 4) is 0 Å². The highest BCUT2D eigenvalue weighted by atomic mass is 35.5. The van der Waals surface area contributed by atoms with Gasteiger partial charge in [0.1, 0.15) is 11.3 Å².